The zero-order valence-electron chi connectivity index (χ0n) is 10.1. The highest BCUT2D eigenvalue weighted by Gasteiger charge is 2.30. The van der Waals surface area contributed by atoms with Crippen molar-refractivity contribution in [3.8, 4) is 0 Å². The van der Waals surface area contributed by atoms with Crippen LogP contribution in [0.2, 0.25) is 0 Å². The van der Waals surface area contributed by atoms with Crippen molar-refractivity contribution in [2.24, 2.45) is 7.05 Å². The fraction of sp³-hybridized carbons (Fsp3) is 0.750. The predicted molar refractivity (Wildman–Crippen MR) is 63.0 cm³/mol. The van der Waals surface area contributed by atoms with Crippen molar-refractivity contribution in [1.82, 2.24) is 15.1 Å². The Bertz CT molecular complexity index is 340. The molecule has 2 rings (SSSR count). The number of rotatable bonds is 3. The molecule has 0 radical (unpaired) electrons. The van der Waals surface area contributed by atoms with Crippen LogP contribution in [0.3, 0.4) is 0 Å². The summed E-state index contributed by atoms with van der Waals surface area (Å²) in [5, 5.41) is 18.2. The SMILES string of the molecule is Cn1ccc(C(C)(O)CC2CCCCN2)n1. The largest absolute Gasteiger partial charge is 0.384 e. The van der Waals surface area contributed by atoms with E-state index in [1.54, 1.807) is 4.68 Å². The standard InChI is InChI=1S/C12H21N3O/c1-12(16,11-6-8-15(2)14-11)9-10-5-3-4-7-13-10/h6,8,10,13,16H,3-5,7,9H2,1-2H3. The van der Waals surface area contributed by atoms with E-state index in [9.17, 15) is 5.11 Å². The van der Waals surface area contributed by atoms with E-state index in [4.69, 9.17) is 0 Å². The van der Waals surface area contributed by atoms with Crippen molar-refractivity contribution in [3.05, 3.63) is 18.0 Å². The van der Waals surface area contributed by atoms with Gasteiger partial charge in [0.1, 0.15) is 5.60 Å². The van der Waals surface area contributed by atoms with Crippen LogP contribution in [0, 0.1) is 0 Å². The fourth-order valence-corrected chi connectivity index (χ4v) is 2.38. The summed E-state index contributed by atoms with van der Waals surface area (Å²) < 4.78 is 1.73. The van der Waals surface area contributed by atoms with E-state index in [0.29, 0.717) is 6.04 Å². The smallest absolute Gasteiger partial charge is 0.107 e. The number of aryl methyl sites for hydroxylation is 1. The van der Waals surface area contributed by atoms with E-state index in [1.807, 2.05) is 26.2 Å². The van der Waals surface area contributed by atoms with E-state index in [-0.39, 0.29) is 0 Å². The maximum Gasteiger partial charge on any atom is 0.107 e. The minimum Gasteiger partial charge on any atom is -0.384 e. The Labute approximate surface area is 96.7 Å². The Balaban J connectivity index is 2.01. The van der Waals surface area contributed by atoms with Gasteiger partial charge in [-0.1, -0.05) is 6.42 Å². The number of nitrogens with one attached hydrogen (secondary N) is 1. The van der Waals surface area contributed by atoms with Crippen molar-refractivity contribution in [1.29, 1.82) is 0 Å². The molecule has 1 aromatic heterocycles. The Morgan fingerprint density at radius 1 is 1.62 bits per heavy atom. The molecular formula is C12H21N3O. The maximum atomic E-state index is 10.4. The summed E-state index contributed by atoms with van der Waals surface area (Å²) in [6.07, 6.45) is 6.28. The van der Waals surface area contributed by atoms with Crippen LogP contribution in [0.15, 0.2) is 12.3 Å². The highest BCUT2D eigenvalue weighted by atomic mass is 16.3. The zero-order valence-corrected chi connectivity index (χ0v) is 10.1. The Morgan fingerprint density at radius 2 is 2.44 bits per heavy atom. The van der Waals surface area contributed by atoms with Crippen molar-refractivity contribution >= 4 is 0 Å². The van der Waals surface area contributed by atoms with Gasteiger partial charge in [-0.25, -0.2) is 0 Å². The fourth-order valence-electron chi connectivity index (χ4n) is 2.38. The van der Waals surface area contributed by atoms with Crippen LogP contribution < -0.4 is 5.32 Å². The number of hydrogen-bond acceptors (Lipinski definition) is 3. The van der Waals surface area contributed by atoms with Gasteiger partial charge < -0.3 is 10.4 Å². The Kier molecular flexibility index (Phi) is 3.30. The summed E-state index contributed by atoms with van der Waals surface area (Å²) in [6.45, 7) is 2.93. The molecule has 4 nitrogen and oxygen atoms in total. The second-order valence-electron chi connectivity index (χ2n) is 5.00. The molecule has 1 saturated heterocycles. The van der Waals surface area contributed by atoms with Gasteiger partial charge in [0.25, 0.3) is 0 Å². The third-order valence-electron chi connectivity index (χ3n) is 3.32. The number of aromatic nitrogens is 2. The summed E-state index contributed by atoms with van der Waals surface area (Å²) in [6, 6.07) is 2.31. The lowest BCUT2D eigenvalue weighted by Crippen LogP contribution is -2.40. The molecule has 2 atom stereocenters. The van der Waals surface area contributed by atoms with Crippen LogP contribution in [0.5, 0.6) is 0 Å². The molecule has 1 aromatic rings. The van der Waals surface area contributed by atoms with Crippen molar-refractivity contribution in [3.63, 3.8) is 0 Å². The first kappa shape index (κ1) is 11.6. The molecular weight excluding hydrogens is 202 g/mol. The summed E-state index contributed by atoms with van der Waals surface area (Å²) >= 11 is 0. The third-order valence-corrected chi connectivity index (χ3v) is 3.32. The summed E-state index contributed by atoms with van der Waals surface area (Å²) in [5.74, 6) is 0. The zero-order chi connectivity index (χ0) is 11.6. The minimum absolute atomic E-state index is 0.422. The van der Waals surface area contributed by atoms with Crippen LogP contribution in [-0.2, 0) is 12.6 Å². The van der Waals surface area contributed by atoms with Gasteiger partial charge in [0.05, 0.1) is 5.69 Å². The summed E-state index contributed by atoms with van der Waals surface area (Å²) in [5.41, 5.74) is -0.0571. The van der Waals surface area contributed by atoms with Gasteiger partial charge in [-0.15, -0.1) is 0 Å². The average molecular weight is 223 g/mol. The highest BCUT2D eigenvalue weighted by molar-refractivity contribution is 5.09. The topological polar surface area (TPSA) is 50.1 Å². The van der Waals surface area contributed by atoms with Crippen molar-refractivity contribution < 1.29 is 5.11 Å². The lowest BCUT2D eigenvalue weighted by molar-refractivity contribution is 0.0285. The molecule has 2 heterocycles. The number of aliphatic hydroxyl groups is 1. The van der Waals surface area contributed by atoms with Crippen LogP contribution in [0.4, 0.5) is 0 Å². The lowest BCUT2D eigenvalue weighted by atomic mass is 9.89. The van der Waals surface area contributed by atoms with Gasteiger partial charge in [0.2, 0.25) is 0 Å². The number of nitrogens with zero attached hydrogens (tertiary/aromatic N) is 2. The number of hydrogen-bond donors (Lipinski definition) is 2. The molecule has 0 amide bonds. The van der Waals surface area contributed by atoms with Gasteiger partial charge in [-0.2, -0.15) is 5.10 Å². The van der Waals surface area contributed by atoms with E-state index >= 15 is 0 Å². The molecule has 1 aliphatic heterocycles. The van der Waals surface area contributed by atoms with Crippen LogP contribution in [-0.4, -0.2) is 27.5 Å². The molecule has 4 heteroatoms. The summed E-state index contributed by atoms with van der Waals surface area (Å²) in [4.78, 5) is 0. The van der Waals surface area contributed by atoms with Crippen LogP contribution in [0.25, 0.3) is 0 Å². The van der Waals surface area contributed by atoms with E-state index in [1.165, 1.54) is 12.8 Å². The molecule has 0 saturated carbocycles. The molecule has 1 fully saturated rings. The predicted octanol–water partition coefficient (Wildman–Crippen LogP) is 1.16. The van der Waals surface area contributed by atoms with Gasteiger partial charge in [0, 0.05) is 19.3 Å². The molecule has 0 spiro atoms. The Hall–Kier alpha value is -0.870. The highest BCUT2D eigenvalue weighted by Crippen LogP contribution is 2.26. The molecule has 0 aliphatic carbocycles. The first-order valence-corrected chi connectivity index (χ1v) is 6.04. The second-order valence-corrected chi connectivity index (χ2v) is 5.00. The van der Waals surface area contributed by atoms with E-state index < -0.39 is 5.60 Å². The van der Waals surface area contributed by atoms with Gasteiger partial charge in [0.15, 0.2) is 0 Å². The molecule has 2 N–H and O–H groups in total. The van der Waals surface area contributed by atoms with Gasteiger partial charge in [-0.3, -0.25) is 4.68 Å². The Morgan fingerprint density at radius 3 is 3.00 bits per heavy atom. The van der Waals surface area contributed by atoms with E-state index in [0.717, 1.165) is 25.1 Å². The maximum absolute atomic E-state index is 10.4. The summed E-state index contributed by atoms with van der Waals surface area (Å²) in [7, 11) is 1.87. The van der Waals surface area contributed by atoms with Gasteiger partial charge >= 0.3 is 0 Å². The molecule has 1 aliphatic rings. The lowest BCUT2D eigenvalue weighted by Gasteiger charge is -2.30. The first-order chi connectivity index (χ1) is 7.58. The molecule has 0 bridgehead atoms. The first-order valence-electron chi connectivity index (χ1n) is 6.04. The van der Waals surface area contributed by atoms with Gasteiger partial charge in [-0.05, 0) is 38.8 Å². The second kappa shape index (κ2) is 4.55. The van der Waals surface area contributed by atoms with E-state index in [2.05, 4.69) is 10.4 Å². The van der Waals surface area contributed by atoms with Crippen LogP contribution in [0.1, 0.15) is 38.3 Å². The molecule has 2 unspecified atom stereocenters. The normalized spacial score (nSPS) is 25.3. The number of piperidine rings is 1. The minimum atomic E-state index is -0.823. The van der Waals surface area contributed by atoms with Crippen LogP contribution >= 0.6 is 0 Å². The average Bonchev–Trinajstić information content (AvgIpc) is 2.66. The monoisotopic (exact) mass is 223 g/mol. The van der Waals surface area contributed by atoms with Crippen molar-refractivity contribution in [2.75, 3.05) is 6.54 Å². The quantitative estimate of drug-likeness (QED) is 0.808. The third kappa shape index (κ3) is 2.62. The molecule has 0 aromatic carbocycles. The van der Waals surface area contributed by atoms with Crippen molar-refractivity contribution in [2.45, 2.75) is 44.2 Å². The molecule has 90 valence electrons. The molecule has 16 heavy (non-hydrogen) atoms.